The Kier molecular flexibility index (Phi) is 4.79. The molecule has 0 N–H and O–H groups in total. The van der Waals surface area contributed by atoms with E-state index in [-0.39, 0.29) is 0 Å². The van der Waals surface area contributed by atoms with Crippen molar-refractivity contribution in [1.29, 1.82) is 0 Å². The van der Waals surface area contributed by atoms with Crippen molar-refractivity contribution in [3.63, 3.8) is 0 Å². The molecule has 1 heterocycles. The normalized spacial score (nSPS) is 28.0. The Labute approximate surface area is 118 Å². The fourth-order valence-corrected chi connectivity index (χ4v) is 4.27. The van der Waals surface area contributed by atoms with Crippen molar-refractivity contribution < 1.29 is 4.58 Å². The Bertz CT molecular complexity index is 298. The summed E-state index contributed by atoms with van der Waals surface area (Å²) in [6.45, 7) is 2.63. The lowest BCUT2D eigenvalue weighted by Crippen LogP contribution is -2.40. The summed E-state index contributed by atoms with van der Waals surface area (Å²) in [5.41, 5.74) is 0. The van der Waals surface area contributed by atoms with Crippen LogP contribution in [0.15, 0.2) is 0 Å². The molecule has 0 aromatic carbocycles. The van der Waals surface area contributed by atoms with Crippen molar-refractivity contribution in [2.24, 2.45) is 0 Å². The van der Waals surface area contributed by atoms with E-state index in [0.29, 0.717) is 0 Å². The molecular formula is C17H31N2+. The highest BCUT2D eigenvalue weighted by Gasteiger charge is 2.28. The zero-order valence-electron chi connectivity index (χ0n) is 12.5. The molecule has 2 nitrogen and oxygen atoms in total. The Balaban J connectivity index is 1.67. The summed E-state index contributed by atoms with van der Waals surface area (Å²) in [5, 5.41) is 0. The molecule has 2 saturated carbocycles. The first-order valence-corrected chi connectivity index (χ1v) is 8.80. The van der Waals surface area contributed by atoms with Crippen molar-refractivity contribution in [2.75, 3.05) is 13.1 Å². The lowest BCUT2D eigenvalue weighted by Gasteiger charge is -2.28. The molecule has 0 unspecified atom stereocenters. The maximum Gasteiger partial charge on any atom is 0.234 e. The molecule has 2 aliphatic carbocycles. The molecule has 1 aliphatic heterocycles. The summed E-state index contributed by atoms with van der Waals surface area (Å²) in [4.78, 5) is 2.72. The average Bonchev–Trinajstić information content (AvgIpc) is 2.75. The molecule has 0 aromatic rings. The van der Waals surface area contributed by atoms with Gasteiger partial charge >= 0.3 is 0 Å². The quantitative estimate of drug-likeness (QED) is 0.687. The summed E-state index contributed by atoms with van der Waals surface area (Å²) < 4.78 is 2.72. The van der Waals surface area contributed by atoms with Crippen LogP contribution >= 0.6 is 0 Å². The third-order valence-electron chi connectivity index (χ3n) is 5.47. The van der Waals surface area contributed by atoms with Crippen molar-refractivity contribution in [1.82, 2.24) is 4.90 Å². The second-order valence-corrected chi connectivity index (χ2v) is 6.88. The maximum absolute atomic E-state index is 2.72. The molecule has 0 atom stereocenters. The Hall–Kier alpha value is -0.530. The van der Waals surface area contributed by atoms with Gasteiger partial charge in [0.2, 0.25) is 6.34 Å². The van der Waals surface area contributed by atoms with E-state index in [1.165, 1.54) is 90.1 Å². The molecule has 108 valence electrons. The van der Waals surface area contributed by atoms with Crippen molar-refractivity contribution in [3.05, 3.63) is 0 Å². The summed E-state index contributed by atoms with van der Waals surface area (Å²) in [5.74, 6) is 0. The van der Waals surface area contributed by atoms with Crippen LogP contribution in [0.1, 0.15) is 77.0 Å². The summed E-state index contributed by atoms with van der Waals surface area (Å²) in [6, 6.07) is 1.72. The van der Waals surface area contributed by atoms with Gasteiger partial charge in [-0.3, -0.25) is 9.48 Å². The van der Waals surface area contributed by atoms with Crippen LogP contribution in [0.25, 0.3) is 0 Å². The van der Waals surface area contributed by atoms with Gasteiger partial charge in [0.05, 0.1) is 25.2 Å². The number of hydrogen-bond donors (Lipinski definition) is 0. The van der Waals surface area contributed by atoms with Gasteiger partial charge in [0.25, 0.3) is 0 Å². The zero-order valence-corrected chi connectivity index (χ0v) is 12.5. The van der Waals surface area contributed by atoms with Gasteiger partial charge in [0.1, 0.15) is 0 Å². The van der Waals surface area contributed by atoms with E-state index in [1.54, 1.807) is 0 Å². The van der Waals surface area contributed by atoms with E-state index < -0.39 is 0 Å². The van der Waals surface area contributed by atoms with Crippen molar-refractivity contribution >= 4 is 6.34 Å². The summed E-state index contributed by atoms with van der Waals surface area (Å²) in [6.07, 6.45) is 19.9. The van der Waals surface area contributed by atoms with Gasteiger partial charge in [-0.05, 0) is 64.2 Å². The van der Waals surface area contributed by atoms with Crippen LogP contribution in [0.5, 0.6) is 0 Å². The van der Waals surface area contributed by atoms with Crippen molar-refractivity contribution in [3.8, 4) is 0 Å². The van der Waals surface area contributed by atoms with E-state index >= 15 is 0 Å². The Morgan fingerprint density at radius 2 is 1.42 bits per heavy atom. The zero-order chi connectivity index (χ0) is 12.9. The molecule has 19 heavy (non-hydrogen) atoms. The van der Waals surface area contributed by atoms with Crippen LogP contribution in [0, 0.1) is 0 Å². The van der Waals surface area contributed by atoms with Gasteiger partial charge in [-0.25, -0.2) is 0 Å². The van der Waals surface area contributed by atoms with E-state index in [1.807, 2.05) is 0 Å². The summed E-state index contributed by atoms with van der Waals surface area (Å²) >= 11 is 0. The monoisotopic (exact) mass is 263 g/mol. The Morgan fingerprint density at radius 3 is 2.16 bits per heavy atom. The maximum atomic E-state index is 2.72. The van der Waals surface area contributed by atoms with Crippen LogP contribution in [-0.4, -0.2) is 41.0 Å². The lowest BCUT2D eigenvalue weighted by atomic mass is 9.94. The second-order valence-electron chi connectivity index (χ2n) is 6.88. The van der Waals surface area contributed by atoms with Gasteiger partial charge in [-0.1, -0.05) is 12.8 Å². The first-order valence-electron chi connectivity index (χ1n) is 8.80. The third kappa shape index (κ3) is 3.52. The highest BCUT2D eigenvalue weighted by Crippen LogP contribution is 2.25. The van der Waals surface area contributed by atoms with Gasteiger partial charge in [-0.15, -0.1) is 0 Å². The van der Waals surface area contributed by atoms with Crippen LogP contribution in [0.2, 0.25) is 0 Å². The molecule has 0 aromatic heterocycles. The minimum atomic E-state index is 0.859. The molecule has 0 bridgehead atoms. The fourth-order valence-electron chi connectivity index (χ4n) is 4.27. The molecule has 3 rings (SSSR count). The predicted molar refractivity (Wildman–Crippen MR) is 80.9 cm³/mol. The van der Waals surface area contributed by atoms with Gasteiger partial charge in [0, 0.05) is 0 Å². The lowest BCUT2D eigenvalue weighted by molar-refractivity contribution is -0.568. The largest absolute Gasteiger partial charge is 0.266 e. The minimum Gasteiger partial charge on any atom is -0.266 e. The first-order chi connectivity index (χ1) is 9.43. The highest BCUT2D eigenvalue weighted by molar-refractivity contribution is 5.50. The molecule has 0 amide bonds. The van der Waals surface area contributed by atoms with E-state index in [9.17, 15) is 0 Å². The fraction of sp³-hybridized carbons (Fsp3) is 0.941. The Morgan fingerprint density at radius 1 is 0.737 bits per heavy atom. The molecule has 0 saturated heterocycles. The van der Waals surface area contributed by atoms with Gasteiger partial charge < -0.3 is 0 Å². The smallest absolute Gasteiger partial charge is 0.234 e. The van der Waals surface area contributed by atoms with Gasteiger partial charge in [0.15, 0.2) is 0 Å². The van der Waals surface area contributed by atoms with Crippen LogP contribution in [0.3, 0.4) is 0 Å². The van der Waals surface area contributed by atoms with Crippen LogP contribution < -0.4 is 0 Å². The average molecular weight is 263 g/mol. The number of rotatable bonds is 2. The SMILES string of the molecule is C1=[N+](C2CCCCC2)CCCCN1C1CCCCC1. The number of hydrogen-bond acceptors (Lipinski definition) is 1. The minimum absolute atomic E-state index is 0.859. The van der Waals surface area contributed by atoms with Crippen LogP contribution in [-0.2, 0) is 0 Å². The first kappa shape index (κ1) is 13.5. The van der Waals surface area contributed by atoms with E-state index in [0.717, 1.165) is 12.1 Å². The number of nitrogens with zero attached hydrogens (tertiary/aromatic N) is 2. The molecule has 3 aliphatic rings. The second kappa shape index (κ2) is 6.76. The topological polar surface area (TPSA) is 6.25 Å². The molecule has 2 fully saturated rings. The third-order valence-corrected chi connectivity index (χ3v) is 5.47. The summed E-state index contributed by atoms with van der Waals surface area (Å²) in [7, 11) is 0. The predicted octanol–water partition coefficient (Wildman–Crippen LogP) is 3.79. The van der Waals surface area contributed by atoms with E-state index in [4.69, 9.17) is 0 Å². The molecule has 0 spiro atoms. The van der Waals surface area contributed by atoms with Crippen LogP contribution in [0.4, 0.5) is 0 Å². The molecular weight excluding hydrogens is 232 g/mol. The molecule has 2 heteroatoms. The molecule has 0 radical (unpaired) electrons. The standard InChI is InChI=1S/C17H31N2/c1-3-9-16(10-4-1)18-13-7-8-14-19(15-18)17-11-5-2-6-12-17/h15-17H,1-14H2/q+1. The highest BCUT2D eigenvalue weighted by atomic mass is 15.2. The van der Waals surface area contributed by atoms with Crippen molar-refractivity contribution in [2.45, 2.75) is 89.1 Å². The van der Waals surface area contributed by atoms with E-state index in [2.05, 4.69) is 15.8 Å². The van der Waals surface area contributed by atoms with Gasteiger partial charge in [-0.2, -0.15) is 0 Å².